The number of nitrogens with zero attached hydrogens (tertiary/aromatic N) is 2. The molecule has 19 heavy (non-hydrogen) atoms. The summed E-state index contributed by atoms with van der Waals surface area (Å²) in [5, 5.41) is 3.09. The van der Waals surface area contributed by atoms with Gasteiger partial charge < -0.3 is 5.32 Å². The van der Waals surface area contributed by atoms with Crippen molar-refractivity contribution in [1.82, 2.24) is 9.97 Å². The Labute approximate surface area is 112 Å². The SMILES string of the molecule is CCc1c(C)nc(-c2cc(F)ccc2C)nc1NC. The Morgan fingerprint density at radius 2 is 1.95 bits per heavy atom. The smallest absolute Gasteiger partial charge is 0.162 e. The maximum absolute atomic E-state index is 13.4. The van der Waals surface area contributed by atoms with Crippen LogP contribution in [0.1, 0.15) is 23.7 Å². The van der Waals surface area contributed by atoms with E-state index < -0.39 is 0 Å². The predicted molar refractivity (Wildman–Crippen MR) is 75.8 cm³/mol. The summed E-state index contributed by atoms with van der Waals surface area (Å²) in [7, 11) is 1.84. The lowest BCUT2D eigenvalue weighted by Crippen LogP contribution is -2.05. The van der Waals surface area contributed by atoms with Crippen LogP contribution in [0.2, 0.25) is 0 Å². The molecule has 1 N–H and O–H groups in total. The van der Waals surface area contributed by atoms with E-state index in [9.17, 15) is 4.39 Å². The molecule has 0 radical (unpaired) electrons. The highest BCUT2D eigenvalue weighted by molar-refractivity contribution is 5.63. The van der Waals surface area contributed by atoms with Crippen molar-refractivity contribution in [2.24, 2.45) is 0 Å². The van der Waals surface area contributed by atoms with Crippen molar-refractivity contribution in [1.29, 1.82) is 0 Å². The maximum atomic E-state index is 13.4. The van der Waals surface area contributed by atoms with Crippen LogP contribution in [0.5, 0.6) is 0 Å². The number of anilines is 1. The van der Waals surface area contributed by atoms with Crippen LogP contribution < -0.4 is 5.32 Å². The number of nitrogens with one attached hydrogen (secondary N) is 1. The van der Waals surface area contributed by atoms with Gasteiger partial charge in [-0.25, -0.2) is 14.4 Å². The second kappa shape index (κ2) is 5.34. The van der Waals surface area contributed by atoms with Crippen LogP contribution in [0, 0.1) is 19.7 Å². The molecule has 3 nitrogen and oxygen atoms in total. The Bertz CT molecular complexity index is 609. The molecule has 4 heteroatoms. The summed E-state index contributed by atoms with van der Waals surface area (Å²) in [5.41, 5.74) is 3.73. The van der Waals surface area contributed by atoms with E-state index in [0.29, 0.717) is 5.82 Å². The number of hydrogen-bond donors (Lipinski definition) is 1. The van der Waals surface area contributed by atoms with Crippen LogP contribution >= 0.6 is 0 Å². The molecule has 2 rings (SSSR count). The van der Waals surface area contributed by atoms with Crippen molar-refractivity contribution in [3.8, 4) is 11.4 Å². The normalized spacial score (nSPS) is 10.6. The molecule has 0 aliphatic rings. The van der Waals surface area contributed by atoms with Crippen LogP contribution in [-0.2, 0) is 6.42 Å². The van der Waals surface area contributed by atoms with Gasteiger partial charge in [-0.1, -0.05) is 13.0 Å². The van der Waals surface area contributed by atoms with Crippen LogP contribution in [0.3, 0.4) is 0 Å². The summed E-state index contributed by atoms with van der Waals surface area (Å²) < 4.78 is 13.4. The van der Waals surface area contributed by atoms with E-state index in [1.807, 2.05) is 20.9 Å². The van der Waals surface area contributed by atoms with E-state index in [-0.39, 0.29) is 5.82 Å². The molecule has 0 aliphatic carbocycles. The molecular formula is C15H18FN3. The molecular weight excluding hydrogens is 241 g/mol. The molecule has 0 fully saturated rings. The summed E-state index contributed by atoms with van der Waals surface area (Å²) in [5.74, 6) is 1.11. The van der Waals surface area contributed by atoms with Crippen LogP contribution in [0.4, 0.5) is 10.2 Å². The van der Waals surface area contributed by atoms with E-state index >= 15 is 0 Å². The Kier molecular flexibility index (Phi) is 3.79. The topological polar surface area (TPSA) is 37.8 Å². The fraction of sp³-hybridized carbons (Fsp3) is 0.333. The van der Waals surface area contributed by atoms with E-state index in [1.165, 1.54) is 12.1 Å². The first-order valence-electron chi connectivity index (χ1n) is 6.38. The molecule has 0 spiro atoms. The van der Waals surface area contributed by atoms with Gasteiger partial charge in [-0.05, 0) is 38.0 Å². The predicted octanol–water partition coefficient (Wildman–Crippen LogP) is 3.50. The molecule has 0 aliphatic heterocycles. The zero-order valence-electron chi connectivity index (χ0n) is 11.7. The molecule has 0 saturated heterocycles. The Hall–Kier alpha value is -1.97. The van der Waals surface area contributed by atoms with Crippen LogP contribution in [0.25, 0.3) is 11.4 Å². The van der Waals surface area contributed by atoms with E-state index in [0.717, 1.165) is 34.6 Å². The van der Waals surface area contributed by atoms with E-state index in [1.54, 1.807) is 6.07 Å². The van der Waals surface area contributed by atoms with Crippen molar-refractivity contribution in [3.05, 3.63) is 40.8 Å². The van der Waals surface area contributed by atoms with Crippen LogP contribution in [0.15, 0.2) is 18.2 Å². The Balaban J connectivity index is 2.63. The highest BCUT2D eigenvalue weighted by Gasteiger charge is 2.12. The van der Waals surface area contributed by atoms with Gasteiger partial charge in [0.25, 0.3) is 0 Å². The summed E-state index contributed by atoms with van der Waals surface area (Å²) in [6.07, 6.45) is 0.865. The molecule has 1 aromatic carbocycles. The van der Waals surface area contributed by atoms with Gasteiger partial charge in [0, 0.05) is 23.9 Å². The second-order valence-corrected chi connectivity index (χ2v) is 4.52. The number of aromatic nitrogens is 2. The quantitative estimate of drug-likeness (QED) is 0.916. The first-order chi connectivity index (χ1) is 9.06. The molecule has 0 atom stereocenters. The van der Waals surface area contributed by atoms with E-state index in [2.05, 4.69) is 22.2 Å². The van der Waals surface area contributed by atoms with Gasteiger partial charge in [0.1, 0.15) is 11.6 Å². The number of rotatable bonds is 3. The monoisotopic (exact) mass is 259 g/mol. The number of aryl methyl sites for hydroxylation is 2. The first-order valence-corrected chi connectivity index (χ1v) is 6.38. The van der Waals surface area contributed by atoms with Gasteiger partial charge >= 0.3 is 0 Å². The van der Waals surface area contributed by atoms with Crippen molar-refractivity contribution < 1.29 is 4.39 Å². The molecule has 0 unspecified atom stereocenters. The number of hydrogen-bond acceptors (Lipinski definition) is 3. The van der Waals surface area contributed by atoms with Gasteiger partial charge in [-0.2, -0.15) is 0 Å². The third-order valence-corrected chi connectivity index (χ3v) is 3.24. The molecule has 100 valence electrons. The van der Waals surface area contributed by atoms with Gasteiger partial charge in [0.15, 0.2) is 5.82 Å². The van der Waals surface area contributed by atoms with Gasteiger partial charge in [-0.3, -0.25) is 0 Å². The second-order valence-electron chi connectivity index (χ2n) is 4.52. The highest BCUT2D eigenvalue weighted by atomic mass is 19.1. The summed E-state index contributed by atoms with van der Waals surface area (Å²) in [6, 6.07) is 4.68. The molecule has 0 bridgehead atoms. The van der Waals surface area contributed by atoms with Gasteiger partial charge in [0.05, 0.1) is 0 Å². The minimum atomic E-state index is -0.271. The lowest BCUT2D eigenvalue weighted by atomic mass is 10.1. The molecule has 1 heterocycles. The van der Waals surface area contributed by atoms with Gasteiger partial charge in [0.2, 0.25) is 0 Å². The Morgan fingerprint density at radius 1 is 1.21 bits per heavy atom. The zero-order chi connectivity index (χ0) is 14.0. The fourth-order valence-corrected chi connectivity index (χ4v) is 2.18. The third-order valence-electron chi connectivity index (χ3n) is 3.24. The van der Waals surface area contributed by atoms with Gasteiger partial charge in [-0.15, -0.1) is 0 Å². The average molecular weight is 259 g/mol. The minimum Gasteiger partial charge on any atom is -0.373 e. The number of benzene rings is 1. The lowest BCUT2D eigenvalue weighted by Gasteiger charge is -2.12. The summed E-state index contributed by atoms with van der Waals surface area (Å²) in [4.78, 5) is 9.01. The lowest BCUT2D eigenvalue weighted by molar-refractivity contribution is 0.627. The third kappa shape index (κ3) is 2.57. The number of halogens is 1. The molecule has 0 saturated carbocycles. The van der Waals surface area contributed by atoms with Crippen molar-refractivity contribution >= 4 is 5.82 Å². The van der Waals surface area contributed by atoms with Crippen LogP contribution in [-0.4, -0.2) is 17.0 Å². The largest absolute Gasteiger partial charge is 0.373 e. The van der Waals surface area contributed by atoms with Crippen molar-refractivity contribution in [2.75, 3.05) is 12.4 Å². The Morgan fingerprint density at radius 3 is 2.58 bits per heavy atom. The maximum Gasteiger partial charge on any atom is 0.162 e. The van der Waals surface area contributed by atoms with E-state index in [4.69, 9.17) is 0 Å². The molecule has 1 aromatic heterocycles. The van der Waals surface area contributed by atoms with Crippen molar-refractivity contribution in [3.63, 3.8) is 0 Å². The molecule has 0 amide bonds. The minimum absolute atomic E-state index is 0.271. The summed E-state index contributed by atoms with van der Waals surface area (Å²) in [6.45, 7) is 5.96. The average Bonchev–Trinajstić information content (AvgIpc) is 2.40. The summed E-state index contributed by atoms with van der Waals surface area (Å²) >= 11 is 0. The fourth-order valence-electron chi connectivity index (χ4n) is 2.18. The first kappa shape index (κ1) is 13.5. The standard InChI is InChI=1S/C15H18FN3/c1-5-12-10(3)18-15(19-14(12)17-4)13-8-11(16)7-6-9(13)2/h6-8H,5H2,1-4H3,(H,17,18,19). The zero-order valence-corrected chi connectivity index (χ0v) is 11.7. The molecule has 2 aromatic rings. The highest BCUT2D eigenvalue weighted by Crippen LogP contribution is 2.25. The van der Waals surface area contributed by atoms with Crippen molar-refractivity contribution in [2.45, 2.75) is 27.2 Å².